The molecule has 2 aromatic rings. The average molecular weight is 441 g/mol. The Morgan fingerprint density at radius 1 is 1.21 bits per heavy atom. The first kappa shape index (κ1) is 23.0. The number of nitrogens with zero attached hydrogens (tertiary/aromatic N) is 1. The van der Waals surface area contributed by atoms with Gasteiger partial charge < -0.3 is 14.8 Å². The van der Waals surface area contributed by atoms with Crippen molar-refractivity contribution >= 4 is 27.5 Å². The molecule has 0 heterocycles. The SMILES string of the molecule is CCOc1ccc(S(=O)(=O)N(C)CC(=O)N[C@H](C)c2ccc(OC)cc2)cc1Cl. The first-order chi connectivity index (χ1) is 13.7. The van der Waals surface area contributed by atoms with Crippen molar-refractivity contribution in [1.29, 1.82) is 0 Å². The number of amides is 1. The maximum atomic E-state index is 12.7. The fraction of sp³-hybridized carbons (Fsp3) is 0.350. The van der Waals surface area contributed by atoms with E-state index < -0.39 is 15.9 Å². The van der Waals surface area contributed by atoms with E-state index in [1.807, 2.05) is 19.1 Å². The molecule has 7 nitrogen and oxygen atoms in total. The van der Waals surface area contributed by atoms with E-state index in [1.165, 1.54) is 25.2 Å². The Balaban J connectivity index is 2.04. The van der Waals surface area contributed by atoms with Gasteiger partial charge in [-0.2, -0.15) is 4.31 Å². The molecule has 2 aromatic carbocycles. The predicted molar refractivity (Wildman–Crippen MR) is 112 cm³/mol. The number of nitrogens with one attached hydrogen (secondary N) is 1. The van der Waals surface area contributed by atoms with Crippen LogP contribution in [0, 0.1) is 0 Å². The molecule has 0 radical (unpaired) electrons. The van der Waals surface area contributed by atoms with Gasteiger partial charge >= 0.3 is 0 Å². The van der Waals surface area contributed by atoms with E-state index in [0.717, 1.165) is 9.87 Å². The van der Waals surface area contributed by atoms with Crippen molar-refractivity contribution in [3.05, 3.63) is 53.1 Å². The van der Waals surface area contributed by atoms with Crippen LogP contribution in [0.3, 0.4) is 0 Å². The fourth-order valence-electron chi connectivity index (χ4n) is 2.64. The molecule has 0 saturated carbocycles. The summed E-state index contributed by atoms with van der Waals surface area (Å²) in [5.41, 5.74) is 0.878. The maximum Gasteiger partial charge on any atom is 0.243 e. The zero-order valence-electron chi connectivity index (χ0n) is 16.8. The Morgan fingerprint density at radius 3 is 2.41 bits per heavy atom. The van der Waals surface area contributed by atoms with Crippen LogP contribution in [0.1, 0.15) is 25.5 Å². The van der Waals surface area contributed by atoms with E-state index in [9.17, 15) is 13.2 Å². The Bertz CT molecular complexity index is 948. The predicted octanol–water partition coefficient (Wildman–Crippen LogP) is 3.25. The monoisotopic (exact) mass is 440 g/mol. The summed E-state index contributed by atoms with van der Waals surface area (Å²) in [6, 6.07) is 11.2. The molecule has 0 unspecified atom stereocenters. The third-order valence-corrected chi connectivity index (χ3v) is 6.37. The molecule has 29 heavy (non-hydrogen) atoms. The molecule has 9 heteroatoms. The number of hydrogen-bond donors (Lipinski definition) is 1. The summed E-state index contributed by atoms with van der Waals surface area (Å²) < 4.78 is 36.9. The van der Waals surface area contributed by atoms with Crippen molar-refractivity contribution in [1.82, 2.24) is 9.62 Å². The second-order valence-corrected chi connectivity index (χ2v) is 8.80. The van der Waals surface area contributed by atoms with Gasteiger partial charge in [0, 0.05) is 7.05 Å². The molecule has 1 N–H and O–H groups in total. The smallest absolute Gasteiger partial charge is 0.243 e. The summed E-state index contributed by atoms with van der Waals surface area (Å²) in [4.78, 5) is 12.3. The molecule has 0 fully saturated rings. The normalized spacial score (nSPS) is 12.5. The van der Waals surface area contributed by atoms with Crippen molar-refractivity contribution in [3.63, 3.8) is 0 Å². The van der Waals surface area contributed by atoms with Crippen LogP contribution in [0.25, 0.3) is 0 Å². The molecule has 0 aliphatic rings. The Hall–Kier alpha value is -2.29. The summed E-state index contributed by atoms with van der Waals surface area (Å²) in [7, 11) is -0.960. The molecule has 0 saturated heterocycles. The highest BCUT2D eigenvalue weighted by molar-refractivity contribution is 7.89. The Labute approximate surface area is 176 Å². The molecule has 0 aromatic heterocycles. The van der Waals surface area contributed by atoms with E-state index in [4.69, 9.17) is 21.1 Å². The number of rotatable bonds is 9. The highest BCUT2D eigenvalue weighted by Crippen LogP contribution is 2.28. The molecular formula is C20H25ClN2O5S. The zero-order valence-corrected chi connectivity index (χ0v) is 18.4. The van der Waals surface area contributed by atoms with E-state index in [1.54, 1.807) is 26.2 Å². The van der Waals surface area contributed by atoms with Gasteiger partial charge in [0.15, 0.2) is 0 Å². The number of hydrogen-bond acceptors (Lipinski definition) is 5. The van der Waals surface area contributed by atoms with Gasteiger partial charge in [-0.3, -0.25) is 4.79 Å². The van der Waals surface area contributed by atoms with E-state index >= 15 is 0 Å². The van der Waals surface area contributed by atoms with Crippen LogP contribution in [0.2, 0.25) is 5.02 Å². The van der Waals surface area contributed by atoms with Gasteiger partial charge in [-0.05, 0) is 49.7 Å². The summed E-state index contributed by atoms with van der Waals surface area (Å²) >= 11 is 6.09. The van der Waals surface area contributed by atoms with Gasteiger partial charge in [0.25, 0.3) is 0 Å². The summed E-state index contributed by atoms with van der Waals surface area (Å²) in [5, 5.41) is 2.99. The van der Waals surface area contributed by atoms with Crippen LogP contribution >= 0.6 is 11.6 Å². The molecule has 158 valence electrons. The second kappa shape index (κ2) is 9.96. The van der Waals surface area contributed by atoms with Crippen LogP contribution in [-0.4, -0.2) is 45.9 Å². The van der Waals surface area contributed by atoms with Crippen molar-refractivity contribution in [2.75, 3.05) is 27.3 Å². The number of sulfonamides is 1. The van der Waals surface area contributed by atoms with Crippen LogP contribution in [0.4, 0.5) is 0 Å². The third kappa shape index (κ3) is 5.85. The lowest BCUT2D eigenvalue weighted by atomic mass is 10.1. The van der Waals surface area contributed by atoms with Crippen molar-refractivity contribution in [2.45, 2.75) is 24.8 Å². The van der Waals surface area contributed by atoms with Crippen molar-refractivity contribution in [3.8, 4) is 11.5 Å². The maximum absolute atomic E-state index is 12.7. The summed E-state index contributed by atoms with van der Waals surface area (Å²) in [6.07, 6.45) is 0. The summed E-state index contributed by atoms with van der Waals surface area (Å²) in [5.74, 6) is 0.699. The Morgan fingerprint density at radius 2 is 1.86 bits per heavy atom. The third-order valence-electron chi connectivity index (χ3n) is 4.27. The van der Waals surface area contributed by atoms with Gasteiger partial charge in [0.2, 0.25) is 15.9 Å². The van der Waals surface area contributed by atoms with Crippen LogP contribution in [0.15, 0.2) is 47.4 Å². The number of carbonyl (C=O) groups excluding carboxylic acids is 1. The van der Waals surface area contributed by atoms with Crippen molar-refractivity contribution in [2.24, 2.45) is 0 Å². The van der Waals surface area contributed by atoms with Gasteiger partial charge in [-0.15, -0.1) is 0 Å². The lowest BCUT2D eigenvalue weighted by molar-refractivity contribution is -0.121. The first-order valence-corrected chi connectivity index (χ1v) is 10.8. The molecule has 0 aliphatic carbocycles. The molecule has 1 amide bonds. The molecule has 1 atom stereocenters. The largest absolute Gasteiger partial charge is 0.497 e. The number of ether oxygens (including phenoxy) is 2. The lowest BCUT2D eigenvalue weighted by Gasteiger charge is -2.20. The van der Waals surface area contributed by atoms with Crippen LogP contribution in [0.5, 0.6) is 11.5 Å². The first-order valence-electron chi connectivity index (χ1n) is 9.01. The van der Waals surface area contributed by atoms with Gasteiger partial charge in [0.1, 0.15) is 11.5 Å². The molecule has 2 rings (SSSR count). The minimum Gasteiger partial charge on any atom is -0.497 e. The fourth-order valence-corrected chi connectivity index (χ4v) is 4.10. The molecular weight excluding hydrogens is 416 g/mol. The van der Waals surface area contributed by atoms with Crippen molar-refractivity contribution < 1.29 is 22.7 Å². The molecule has 0 aliphatic heterocycles. The van der Waals surface area contributed by atoms with E-state index in [2.05, 4.69) is 5.32 Å². The average Bonchev–Trinajstić information content (AvgIpc) is 2.69. The number of likely N-dealkylation sites (N-methyl/N-ethyl adjacent to an activating group) is 1. The quantitative estimate of drug-likeness (QED) is 0.647. The molecule has 0 spiro atoms. The van der Waals surface area contributed by atoms with Crippen LogP contribution in [-0.2, 0) is 14.8 Å². The minimum atomic E-state index is -3.88. The van der Waals surface area contributed by atoms with E-state index in [0.29, 0.717) is 18.1 Å². The number of halogens is 1. The highest BCUT2D eigenvalue weighted by atomic mass is 35.5. The highest BCUT2D eigenvalue weighted by Gasteiger charge is 2.24. The standard InChI is InChI=1S/C20H25ClN2O5S/c1-5-28-19-11-10-17(12-18(19)21)29(25,26)23(3)13-20(24)22-14(2)15-6-8-16(27-4)9-7-15/h6-12,14H,5,13H2,1-4H3,(H,22,24)/t14-/m1/s1. The lowest BCUT2D eigenvalue weighted by Crippen LogP contribution is -2.39. The van der Waals surface area contributed by atoms with E-state index in [-0.39, 0.29) is 22.5 Å². The number of benzene rings is 2. The number of carbonyl (C=O) groups is 1. The summed E-state index contributed by atoms with van der Waals surface area (Å²) in [6.45, 7) is 3.71. The number of methoxy groups -OCH3 is 1. The second-order valence-electron chi connectivity index (χ2n) is 6.35. The molecule has 0 bridgehead atoms. The van der Waals surface area contributed by atoms with Crippen LogP contribution < -0.4 is 14.8 Å². The van der Waals surface area contributed by atoms with Gasteiger partial charge in [-0.1, -0.05) is 23.7 Å². The van der Waals surface area contributed by atoms with Gasteiger partial charge in [-0.25, -0.2) is 8.42 Å². The topological polar surface area (TPSA) is 84.9 Å². The Kier molecular flexibility index (Phi) is 7.89. The zero-order chi connectivity index (χ0) is 21.6. The minimum absolute atomic E-state index is 0.00976. The van der Waals surface area contributed by atoms with Gasteiger partial charge in [0.05, 0.1) is 36.2 Å².